The molecule has 0 atom stereocenters. The molecule has 0 unspecified atom stereocenters. The maximum Gasteiger partial charge on any atom is 0.321 e. The molecule has 1 aromatic rings. The monoisotopic (exact) mass is 340 g/mol. The fraction of sp³-hybridized carbons (Fsp3) is 0.438. The van der Waals surface area contributed by atoms with Crippen LogP contribution in [0.25, 0.3) is 0 Å². The Morgan fingerprint density at radius 2 is 1.91 bits per heavy atom. The maximum absolute atomic E-state index is 11.6. The van der Waals surface area contributed by atoms with Crippen molar-refractivity contribution in [3.63, 3.8) is 0 Å². The third kappa shape index (κ3) is 8.21. The second-order valence-corrected chi connectivity index (χ2v) is 5.82. The van der Waals surface area contributed by atoms with Gasteiger partial charge in [-0.2, -0.15) is 0 Å². The molecule has 0 heterocycles. The highest BCUT2D eigenvalue weighted by Gasteiger charge is 2.12. The van der Waals surface area contributed by atoms with Crippen LogP contribution in [0, 0.1) is 5.92 Å². The summed E-state index contributed by atoms with van der Waals surface area (Å²) in [4.78, 5) is 34.6. The number of carbonyl (C=O) groups is 3. The average molecular weight is 341 g/mol. The Morgan fingerprint density at radius 1 is 1.22 bits per heavy atom. The number of esters is 1. The predicted octanol–water partition coefficient (Wildman–Crippen LogP) is 2.30. The number of nitrogens with one attached hydrogen (secondary N) is 2. The molecule has 0 aliphatic rings. The number of halogens is 1. The van der Waals surface area contributed by atoms with Crippen molar-refractivity contribution in [1.29, 1.82) is 0 Å². The van der Waals surface area contributed by atoms with E-state index >= 15 is 0 Å². The lowest BCUT2D eigenvalue weighted by molar-refractivity contribution is -0.147. The van der Waals surface area contributed by atoms with Gasteiger partial charge in [-0.1, -0.05) is 43.6 Å². The second-order valence-electron chi connectivity index (χ2n) is 5.42. The van der Waals surface area contributed by atoms with Gasteiger partial charge in [0.1, 0.15) is 0 Å². The molecule has 0 saturated carbocycles. The SMILES string of the molecule is CC(C)CCNC(=O)NC(=O)COC(=O)Cc1ccccc1Cl. The Hall–Kier alpha value is -2.08. The molecule has 1 aromatic carbocycles. The zero-order chi connectivity index (χ0) is 17.2. The average Bonchev–Trinajstić information content (AvgIpc) is 2.47. The standard InChI is InChI=1S/C16H21ClN2O4/c1-11(2)7-8-18-16(22)19-14(20)10-23-15(21)9-12-5-3-4-6-13(12)17/h3-6,11H,7-10H2,1-2H3,(H2,18,19,20,22). The van der Waals surface area contributed by atoms with Gasteiger partial charge in [-0.05, 0) is 24.0 Å². The van der Waals surface area contributed by atoms with Crippen molar-refractivity contribution >= 4 is 29.5 Å². The fourth-order valence-corrected chi connectivity index (χ4v) is 1.88. The molecule has 0 fully saturated rings. The lowest BCUT2D eigenvalue weighted by Crippen LogP contribution is -2.42. The maximum atomic E-state index is 11.6. The van der Waals surface area contributed by atoms with Crippen molar-refractivity contribution in [2.24, 2.45) is 5.92 Å². The van der Waals surface area contributed by atoms with Crippen molar-refractivity contribution in [1.82, 2.24) is 10.6 Å². The molecule has 0 aromatic heterocycles. The molecule has 0 aliphatic carbocycles. The summed E-state index contributed by atoms with van der Waals surface area (Å²) in [6, 6.07) is 6.27. The largest absolute Gasteiger partial charge is 0.455 e. The van der Waals surface area contributed by atoms with Crippen molar-refractivity contribution in [3.8, 4) is 0 Å². The van der Waals surface area contributed by atoms with Crippen LogP contribution < -0.4 is 10.6 Å². The number of urea groups is 1. The summed E-state index contributed by atoms with van der Waals surface area (Å²) in [5.74, 6) is -0.815. The third-order valence-electron chi connectivity index (χ3n) is 2.92. The molecule has 126 valence electrons. The molecule has 0 bridgehead atoms. The van der Waals surface area contributed by atoms with Gasteiger partial charge >= 0.3 is 12.0 Å². The lowest BCUT2D eigenvalue weighted by atomic mass is 10.1. The zero-order valence-corrected chi connectivity index (χ0v) is 14.0. The topological polar surface area (TPSA) is 84.5 Å². The van der Waals surface area contributed by atoms with Gasteiger partial charge in [0.25, 0.3) is 5.91 Å². The summed E-state index contributed by atoms with van der Waals surface area (Å²) >= 11 is 5.93. The molecule has 0 spiro atoms. The van der Waals surface area contributed by atoms with Crippen LogP contribution in [0.3, 0.4) is 0 Å². The molecule has 1 rings (SSSR count). The van der Waals surface area contributed by atoms with E-state index in [1.807, 2.05) is 13.8 Å². The quantitative estimate of drug-likeness (QED) is 0.746. The van der Waals surface area contributed by atoms with Gasteiger partial charge in [0, 0.05) is 11.6 Å². The first kappa shape index (κ1) is 19.0. The van der Waals surface area contributed by atoms with Gasteiger partial charge < -0.3 is 10.1 Å². The lowest BCUT2D eigenvalue weighted by Gasteiger charge is -2.09. The Morgan fingerprint density at radius 3 is 2.57 bits per heavy atom. The van der Waals surface area contributed by atoms with Crippen LogP contribution in [0.2, 0.25) is 5.02 Å². The highest BCUT2D eigenvalue weighted by Crippen LogP contribution is 2.15. The Kier molecular flexibility index (Phi) is 8.11. The van der Waals surface area contributed by atoms with Crippen LogP contribution in [-0.2, 0) is 20.7 Å². The molecular formula is C16H21ClN2O4. The molecule has 0 aliphatic heterocycles. The summed E-state index contributed by atoms with van der Waals surface area (Å²) in [6.07, 6.45) is 0.780. The van der Waals surface area contributed by atoms with Crippen LogP contribution in [0.5, 0.6) is 0 Å². The minimum atomic E-state index is -0.681. The summed E-state index contributed by atoms with van der Waals surface area (Å²) in [7, 11) is 0. The molecule has 7 heteroatoms. The minimum Gasteiger partial charge on any atom is -0.455 e. The van der Waals surface area contributed by atoms with Crippen molar-refractivity contribution in [3.05, 3.63) is 34.9 Å². The number of rotatable bonds is 7. The van der Waals surface area contributed by atoms with E-state index in [-0.39, 0.29) is 6.42 Å². The van der Waals surface area contributed by atoms with E-state index in [4.69, 9.17) is 16.3 Å². The zero-order valence-electron chi connectivity index (χ0n) is 13.2. The number of amides is 3. The first-order valence-electron chi connectivity index (χ1n) is 7.35. The van der Waals surface area contributed by atoms with E-state index in [1.165, 1.54) is 0 Å². The van der Waals surface area contributed by atoms with Gasteiger partial charge in [-0.25, -0.2) is 4.79 Å². The number of ether oxygens (including phenoxy) is 1. The Balaban J connectivity index is 2.26. The molecule has 0 saturated heterocycles. The normalized spacial score (nSPS) is 10.3. The van der Waals surface area contributed by atoms with E-state index < -0.39 is 24.5 Å². The van der Waals surface area contributed by atoms with Crippen molar-refractivity contribution in [2.45, 2.75) is 26.7 Å². The van der Waals surface area contributed by atoms with Gasteiger partial charge in [0.2, 0.25) is 0 Å². The summed E-state index contributed by atoms with van der Waals surface area (Å²) in [5, 5.41) is 5.10. The van der Waals surface area contributed by atoms with E-state index in [0.717, 1.165) is 6.42 Å². The summed E-state index contributed by atoms with van der Waals surface area (Å²) < 4.78 is 4.82. The molecule has 2 N–H and O–H groups in total. The smallest absolute Gasteiger partial charge is 0.321 e. The van der Waals surface area contributed by atoms with Gasteiger partial charge in [0.05, 0.1) is 6.42 Å². The van der Waals surface area contributed by atoms with E-state index in [0.29, 0.717) is 23.0 Å². The number of hydrogen-bond donors (Lipinski definition) is 2. The first-order chi connectivity index (χ1) is 10.9. The van der Waals surface area contributed by atoms with Crippen LogP contribution in [0.4, 0.5) is 4.79 Å². The number of hydrogen-bond acceptors (Lipinski definition) is 4. The number of carbonyl (C=O) groups excluding carboxylic acids is 3. The highest BCUT2D eigenvalue weighted by molar-refractivity contribution is 6.31. The Bertz CT molecular complexity index is 561. The van der Waals surface area contributed by atoms with Crippen molar-refractivity contribution < 1.29 is 19.1 Å². The highest BCUT2D eigenvalue weighted by atomic mass is 35.5. The Labute approximate surface area is 140 Å². The van der Waals surface area contributed by atoms with Crippen LogP contribution in [0.1, 0.15) is 25.8 Å². The molecule has 0 radical (unpaired) electrons. The van der Waals surface area contributed by atoms with Crippen LogP contribution >= 0.6 is 11.6 Å². The van der Waals surface area contributed by atoms with Crippen LogP contribution in [0.15, 0.2) is 24.3 Å². The van der Waals surface area contributed by atoms with E-state index in [2.05, 4.69) is 10.6 Å². The number of benzene rings is 1. The molecular weight excluding hydrogens is 320 g/mol. The second kappa shape index (κ2) is 9.84. The van der Waals surface area contributed by atoms with Gasteiger partial charge in [-0.15, -0.1) is 0 Å². The van der Waals surface area contributed by atoms with E-state index in [1.54, 1.807) is 24.3 Å². The molecule has 23 heavy (non-hydrogen) atoms. The van der Waals surface area contributed by atoms with Crippen molar-refractivity contribution in [2.75, 3.05) is 13.2 Å². The molecule has 3 amide bonds. The predicted molar refractivity (Wildman–Crippen MR) is 87.1 cm³/mol. The fourth-order valence-electron chi connectivity index (χ4n) is 1.68. The first-order valence-corrected chi connectivity index (χ1v) is 7.73. The summed E-state index contributed by atoms with van der Waals surface area (Å²) in [5.41, 5.74) is 0.617. The van der Waals surface area contributed by atoms with Crippen LogP contribution in [-0.4, -0.2) is 31.1 Å². The molecule has 6 nitrogen and oxygen atoms in total. The summed E-state index contributed by atoms with van der Waals surface area (Å²) in [6.45, 7) is 4.02. The van der Waals surface area contributed by atoms with Gasteiger partial charge in [-0.3, -0.25) is 14.9 Å². The minimum absolute atomic E-state index is 0.0342. The number of imide groups is 1. The van der Waals surface area contributed by atoms with Gasteiger partial charge in [0.15, 0.2) is 6.61 Å². The van der Waals surface area contributed by atoms with E-state index in [9.17, 15) is 14.4 Å². The third-order valence-corrected chi connectivity index (χ3v) is 3.29.